The minimum absolute atomic E-state index is 0.222. The fourth-order valence-electron chi connectivity index (χ4n) is 1.37. The van der Waals surface area contributed by atoms with Crippen molar-refractivity contribution in [3.05, 3.63) is 42.2 Å². The average molecular weight is 220 g/mol. The Bertz CT molecular complexity index is 415. The lowest BCUT2D eigenvalue weighted by Crippen LogP contribution is -1.91. The largest absolute Gasteiger partial charge is 0.513 e. The van der Waals surface area contributed by atoms with Crippen molar-refractivity contribution in [3.63, 3.8) is 0 Å². The Morgan fingerprint density at radius 1 is 1.25 bits per heavy atom. The Morgan fingerprint density at radius 3 is 2.38 bits per heavy atom. The third-order valence-electron chi connectivity index (χ3n) is 2.14. The zero-order valence-corrected chi connectivity index (χ0v) is 9.78. The summed E-state index contributed by atoms with van der Waals surface area (Å²) >= 11 is 0. The van der Waals surface area contributed by atoms with Crippen molar-refractivity contribution in [2.75, 3.05) is 14.2 Å². The van der Waals surface area contributed by atoms with Gasteiger partial charge in [0.2, 0.25) is 0 Å². The Morgan fingerprint density at radius 2 is 1.88 bits per heavy atom. The first-order valence-corrected chi connectivity index (χ1v) is 4.87. The maximum Gasteiger partial charge on any atom is 0.161 e. The molecule has 0 fully saturated rings. The van der Waals surface area contributed by atoms with E-state index in [2.05, 4.69) is 6.58 Å². The lowest BCUT2D eigenvalue weighted by atomic mass is 10.1. The van der Waals surface area contributed by atoms with Gasteiger partial charge in [-0.25, -0.2) is 0 Å². The summed E-state index contributed by atoms with van der Waals surface area (Å²) in [5, 5.41) is 9.16. The van der Waals surface area contributed by atoms with Crippen molar-refractivity contribution >= 4 is 5.57 Å². The highest BCUT2D eigenvalue weighted by Gasteiger charge is 2.05. The maximum atomic E-state index is 9.16. The van der Waals surface area contributed by atoms with Crippen LogP contribution in [0.2, 0.25) is 0 Å². The van der Waals surface area contributed by atoms with Gasteiger partial charge in [0, 0.05) is 0 Å². The molecule has 1 aromatic carbocycles. The molecule has 0 radical (unpaired) electrons. The first-order chi connectivity index (χ1) is 7.58. The van der Waals surface area contributed by atoms with Crippen molar-refractivity contribution in [2.45, 2.75) is 6.92 Å². The smallest absolute Gasteiger partial charge is 0.161 e. The molecule has 0 heterocycles. The van der Waals surface area contributed by atoms with Crippen LogP contribution in [0.25, 0.3) is 5.57 Å². The molecule has 1 N–H and O–H groups in total. The van der Waals surface area contributed by atoms with E-state index in [-0.39, 0.29) is 5.76 Å². The summed E-state index contributed by atoms with van der Waals surface area (Å²) in [6.07, 6.45) is 1.60. The number of ether oxygens (including phenoxy) is 2. The molecule has 0 bridgehead atoms. The molecule has 0 spiro atoms. The lowest BCUT2D eigenvalue weighted by molar-refractivity contribution is 0.355. The van der Waals surface area contributed by atoms with Crippen LogP contribution in [0, 0.1) is 0 Å². The minimum Gasteiger partial charge on any atom is -0.513 e. The van der Waals surface area contributed by atoms with Crippen LogP contribution in [0.4, 0.5) is 0 Å². The summed E-state index contributed by atoms with van der Waals surface area (Å²) in [7, 11) is 3.17. The highest BCUT2D eigenvalue weighted by Crippen LogP contribution is 2.30. The van der Waals surface area contributed by atoms with E-state index in [1.54, 1.807) is 33.3 Å². The predicted molar refractivity (Wildman–Crippen MR) is 65.0 cm³/mol. The zero-order valence-electron chi connectivity index (χ0n) is 9.78. The van der Waals surface area contributed by atoms with Crippen LogP contribution in [-0.2, 0) is 0 Å². The molecule has 0 aliphatic heterocycles. The van der Waals surface area contributed by atoms with E-state index >= 15 is 0 Å². The highest BCUT2D eigenvalue weighted by atomic mass is 16.5. The summed E-state index contributed by atoms with van der Waals surface area (Å²) in [6.45, 7) is 5.47. The fourth-order valence-corrected chi connectivity index (χ4v) is 1.37. The maximum absolute atomic E-state index is 9.16. The predicted octanol–water partition coefficient (Wildman–Crippen LogP) is 3.18. The monoisotopic (exact) mass is 220 g/mol. The van der Waals surface area contributed by atoms with E-state index in [9.17, 15) is 0 Å². The minimum atomic E-state index is 0.222. The van der Waals surface area contributed by atoms with Gasteiger partial charge < -0.3 is 14.6 Å². The number of allylic oxidation sites excluding steroid dienone is 3. The van der Waals surface area contributed by atoms with Crippen LogP contribution >= 0.6 is 0 Å². The van der Waals surface area contributed by atoms with E-state index < -0.39 is 0 Å². The second-order valence-electron chi connectivity index (χ2n) is 3.38. The molecule has 0 unspecified atom stereocenters. The van der Waals surface area contributed by atoms with Crippen molar-refractivity contribution in [2.24, 2.45) is 0 Å². The average Bonchev–Trinajstić information content (AvgIpc) is 2.27. The van der Waals surface area contributed by atoms with E-state index in [4.69, 9.17) is 14.6 Å². The van der Waals surface area contributed by atoms with Gasteiger partial charge >= 0.3 is 0 Å². The summed E-state index contributed by atoms with van der Waals surface area (Å²) < 4.78 is 10.3. The first-order valence-electron chi connectivity index (χ1n) is 4.87. The Hall–Kier alpha value is -1.90. The van der Waals surface area contributed by atoms with Gasteiger partial charge in [0.25, 0.3) is 0 Å². The van der Waals surface area contributed by atoms with Gasteiger partial charge in [0.15, 0.2) is 11.5 Å². The van der Waals surface area contributed by atoms with Crippen LogP contribution in [0.5, 0.6) is 11.5 Å². The molecule has 1 aromatic rings. The second-order valence-corrected chi connectivity index (χ2v) is 3.38. The molecule has 0 aliphatic rings. The second kappa shape index (κ2) is 5.26. The standard InChI is InChI=1S/C13H16O3/c1-9(7-10(2)14)11-5-6-12(15-3)13(8-11)16-4/h5-8,14H,1H2,2-4H3/b10-7+. The van der Waals surface area contributed by atoms with Crippen molar-refractivity contribution < 1.29 is 14.6 Å². The van der Waals surface area contributed by atoms with Crippen molar-refractivity contribution in [1.29, 1.82) is 0 Å². The van der Waals surface area contributed by atoms with E-state index in [0.717, 1.165) is 11.1 Å². The molecule has 0 saturated carbocycles. The number of aliphatic hydroxyl groups is 1. The van der Waals surface area contributed by atoms with Gasteiger partial charge in [-0.15, -0.1) is 0 Å². The van der Waals surface area contributed by atoms with Gasteiger partial charge in [-0.3, -0.25) is 0 Å². The molecule has 16 heavy (non-hydrogen) atoms. The van der Waals surface area contributed by atoms with Gasteiger partial charge in [0.05, 0.1) is 20.0 Å². The number of rotatable bonds is 4. The molecule has 0 aromatic heterocycles. The SMILES string of the molecule is C=C(/C=C(\C)O)c1ccc(OC)c(OC)c1. The zero-order chi connectivity index (χ0) is 12.1. The summed E-state index contributed by atoms with van der Waals surface area (Å²) in [5.74, 6) is 1.54. The van der Waals surface area contributed by atoms with E-state index in [0.29, 0.717) is 11.5 Å². The molecule has 3 heteroatoms. The molecule has 0 aliphatic carbocycles. The third-order valence-corrected chi connectivity index (χ3v) is 2.14. The van der Waals surface area contributed by atoms with Crippen LogP contribution in [0.15, 0.2) is 36.6 Å². The lowest BCUT2D eigenvalue weighted by Gasteiger charge is -2.09. The number of benzene rings is 1. The van der Waals surface area contributed by atoms with Crippen LogP contribution < -0.4 is 9.47 Å². The molecule has 86 valence electrons. The molecular weight excluding hydrogens is 204 g/mol. The molecule has 0 saturated heterocycles. The third kappa shape index (κ3) is 2.79. The number of hydrogen-bond acceptors (Lipinski definition) is 3. The van der Waals surface area contributed by atoms with E-state index in [1.807, 2.05) is 12.1 Å². The summed E-state index contributed by atoms with van der Waals surface area (Å²) in [6, 6.07) is 5.49. The molecular formula is C13H16O3. The quantitative estimate of drug-likeness (QED) is 0.625. The number of hydrogen-bond donors (Lipinski definition) is 1. The number of aliphatic hydroxyl groups excluding tert-OH is 1. The summed E-state index contributed by atoms with van der Waals surface area (Å²) in [4.78, 5) is 0. The van der Waals surface area contributed by atoms with Crippen LogP contribution in [0.3, 0.4) is 0 Å². The van der Waals surface area contributed by atoms with Gasteiger partial charge in [-0.2, -0.15) is 0 Å². The summed E-state index contributed by atoms with van der Waals surface area (Å²) in [5.41, 5.74) is 1.60. The van der Waals surface area contributed by atoms with Crippen LogP contribution in [0.1, 0.15) is 12.5 Å². The molecule has 0 amide bonds. The normalized spacial score (nSPS) is 11.1. The van der Waals surface area contributed by atoms with Gasteiger partial charge in [-0.05, 0) is 36.3 Å². The Balaban J connectivity index is 3.08. The molecule has 0 atom stereocenters. The van der Waals surface area contributed by atoms with Gasteiger partial charge in [-0.1, -0.05) is 12.6 Å². The van der Waals surface area contributed by atoms with Crippen LogP contribution in [-0.4, -0.2) is 19.3 Å². The fraction of sp³-hybridized carbons (Fsp3) is 0.231. The molecule has 3 nitrogen and oxygen atoms in total. The highest BCUT2D eigenvalue weighted by molar-refractivity contribution is 5.73. The number of methoxy groups -OCH3 is 2. The van der Waals surface area contributed by atoms with Gasteiger partial charge in [0.1, 0.15) is 0 Å². The van der Waals surface area contributed by atoms with Crippen molar-refractivity contribution in [1.82, 2.24) is 0 Å². The topological polar surface area (TPSA) is 38.7 Å². The molecule has 1 rings (SSSR count). The Kier molecular flexibility index (Phi) is 4.00. The Labute approximate surface area is 95.6 Å². The van der Waals surface area contributed by atoms with E-state index in [1.165, 1.54) is 0 Å². The van der Waals surface area contributed by atoms with Crippen molar-refractivity contribution in [3.8, 4) is 11.5 Å². The first kappa shape index (κ1) is 12.2.